The summed E-state index contributed by atoms with van der Waals surface area (Å²) in [7, 11) is 0. The summed E-state index contributed by atoms with van der Waals surface area (Å²) < 4.78 is 2.17. The van der Waals surface area contributed by atoms with Gasteiger partial charge in [0.05, 0.1) is 34.0 Å². The number of hydrogen-bond donors (Lipinski definition) is 5. The maximum Gasteiger partial charge on any atom is 0.407 e. The van der Waals surface area contributed by atoms with Gasteiger partial charge in [0.2, 0.25) is 11.9 Å². The number of aromatic nitrogens is 6. The Morgan fingerprint density at radius 3 is 2.66 bits per heavy atom. The molecule has 2 amide bonds. The lowest BCUT2D eigenvalue weighted by Crippen LogP contribution is -2.48. The van der Waals surface area contributed by atoms with Crippen LogP contribution in [0.4, 0.5) is 28.1 Å². The summed E-state index contributed by atoms with van der Waals surface area (Å²) in [6, 6.07) is 9.70. The monoisotopic (exact) mass is 554 g/mol. The molecule has 1 saturated carbocycles. The Morgan fingerprint density at radius 2 is 1.85 bits per heavy atom. The highest BCUT2D eigenvalue weighted by Gasteiger charge is 2.26. The molecule has 0 radical (unpaired) electrons. The number of carbonyl (C=O) groups is 2. The third-order valence-electron chi connectivity index (χ3n) is 8.05. The summed E-state index contributed by atoms with van der Waals surface area (Å²) in [5, 5.41) is 23.7. The van der Waals surface area contributed by atoms with Crippen LogP contribution >= 0.6 is 0 Å². The van der Waals surface area contributed by atoms with E-state index in [2.05, 4.69) is 35.4 Å². The van der Waals surface area contributed by atoms with E-state index >= 15 is 0 Å². The number of piperazine rings is 1. The molecule has 0 bridgehead atoms. The molecule has 0 unspecified atom stereocenters. The Labute approximate surface area is 234 Å². The van der Waals surface area contributed by atoms with E-state index in [1.165, 1.54) is 17.7 Å². The predicted molar refractivity (Wildman–Crippen MR) is 155 cm³/mol. The molecular formula is C28H30N10O3. The van der Waals surface area contributed by atoms with E-state index in [4.69, 9.17) is 4.98 Å². The first-order valence-corrected chi connectivity index (χ1v) is 13.8. The molecule has 1 aliphatic heterocycles. The van der Waals surface area contributed by atoms with Crippen LogP contribution in [0.2, 0.25) is 0 Å². The number of nitrogens with one attached hydrogen (secondary N) is 4. The van der Waals surface area contributed by atoms with Crippen molar-refractivity contribution < 1.29 is 14.7 Å². The molecule has 5 N–H and O–H groups in total. The molecule has 1 aliphatic carbocycles. The van der Waals surface area contributed by atoms with Crippen LogP contribution in [0.5, 0.6) is 0 Å². The van der Waals surface area contributed by atoms with Crippen LogP contribution < -0.4 is 15.5 Å². The zero-order chi connectivity index (χ0) is 27.9. The van der Waals surface area contributed by atoms with Crippen LogP contribution in [0.15, 0.2) is 48.9 Å². The summed E-state index contributed by atoms with van der Waals surface area (Å²) in [5.41, 5.74) is 4.02. The van der Waals surface area contributed by atoms with E-state index in [9.17, 15) is 14.7 Å². The molecule has 4 heterocycles. The average molecular weight is 555 g/mol. The van der Waals surface area contributed by atoms with Crippen LogP contribution in [0.3, 0.4) is 0 Å². The zero-order valence-electron chi connectivity index (χ0n) is 22.3. The quantitative estimate of drug-likeness (QED) is 0.204. The van der Waals surface area contributed by atoms with Crippen LogP contribution in [-0.2, 0) is 0 Å². The van der Waals surface area contributed by atoms with E-state index in [0.29, 0.717) is 66.1 Å². The maximum absolute atomic E-state index is 13.7. The van der Waals surface area contributed by atoms with Crippen molar-refractivity contribution in [1.82, 2.24) is 34.6 Å². The number of aromatic amines is 2. The number of benzene rings is 2. The predicted octanol–water partition coefficient (Wildman–Crippen LogP) is 4.55. The number of carbonyl (C=O) groups excluding carboxylic acids is 1. The number of H-pyrrole nitrogens is 2. The standard InChI is InChI=1S/C28H30N10O3/c39-25(31-18-6-5-17-16-30-35-21(17)13-18)20-14-22-23(15-24(20)36-9-11-37(12-10-36)28(40)41)33-26(32-22)34-27-29-7-8-38(27)19-3-1-2-4-19/h5-8,13-16,19H,1-4,9-12H2,(H,30,35)(H,31,39)(H,40,41)(H2,29,32,33,34). The fourth-order valence-electron chi connectivity index (χ4n) is 5.89. The number of amides is 2. The molecule has 2 fully saturated rings. The lowest BCUT2D eigenvalue weighted by molar-refractivity contribution is 0.102. The number of anilines is 4. The molecule has 13 nitrogen and oxygen atoms in total. The summed E-state index contributed by atoms with van der Waals surface area (Å²) in [5.74, 6) is 0.991. The second-order valence-electron chi connectivity index (χ2n) is 10.6. The second kappa shape index (κ2) is 10.2. The second-order valence-corrected chi connectivity index (χ2v) is 10.6. The third-order valence-corrected chi connectivity index (χ3v) is 8.05. The van der Waals surface area contributed by atoms with Crippen LogP contribution in [0, 0.1) is 0 Å². The number of hydrogen-bond acceptors (Lipinski definition) is 7. The molecule has 3 aromatic heterocycles. The number of imidazole rings is 2. The number of nitrogens with zero attached hydrogens (tertiary/aromatic N) is 6. The molecule has 2 aromatic carbocycles. The van der Waals surface area contributed by atoms with Gasteiger partial charge in [-0.3, -0.25) is 15.2 Å². The van der Waals surface area contributed by atoms with E-state index in [-0.39, 0.29) is 5.91 Å². The smallest absolute Gasteiger partial charge is 0.407 e. The molecule has 2 aliphatic rings. The van der Waals surface area contributed by atoms with Gasteiger partial charge in [-0.15, -0.1) is 0 Å². The summed E-state index contributed by atoms with van der Waals surface area (Å²) in [6.45, 7) is 1.63. The van der Waals surface area contributed by atoms with Crippen molar-refractivity contribution in [1.29, 1.82) is 0 Å². The minimum absolute atomic E-state index is 0.276. The zero-order valence-corrected chi connectivity index (χ0v) is 22.3. The molecule has 210 valence electrons. The molecular weight excluding hydrogens is 524 g/mol. The lowest BCUT2D eigenvalue weighted by Gasteiger charge is -2.35. The first kappa shape index (κ1) is 24.9. The fraction of sp³-hybridized carbons (Fsp3) is 0.321. The number of carboxylic acid groups (broad SMARTS) is 1. The van der Waals surface area contributed by atoms with Crippen molar-refractivity contribution in [3.05, 3.63) is 54.5 Å². The van der Waals surface area contributed by atoms with Gasteiger partial charge < -0.3 is 29.8 Å². The highest BCUT2D eigenvalue weighted by molar-refractivity contribution is 6.11. The highest BCUT2D eigenvalue weighted by atomic mass is 16.4. The van der Waals surface area contributed by atoms with Gasteiger partial charge in [-0.25, -0.2) is 14.8 Å². The van der Waals surface area contributed by atoms with Crippen molar-refractivity contribution in [2.45, 2.75) is 31.7 Å². The van der Waals surface area contributed by atoms with Crippen molar-refractivity contribution >= 4 is 57.2 Å². The largest absolute Gasteiger partial charge is 0.465 e. The van der Waals surface area contributed by atoms with Gasteiger partial charge in [0, 0.05) is 55.7 Å². The Kier molecular flexibility index (Phi) is 6.18. The molecule has 0 spiro atoms. The minimum atomic E-state index is -0.939. The van der Waals surface area contributed by atoms with E-state index < -0.39 is 6.09 Å². The lowest BCUT2D eigenvalue weighted by atomic mass is 10.1. The van der Waals surface area contributed by atoms with Gasteiger partial charge in [0.15, 0.2) is 0 Å². The van der Waals surface area contributed by atoms with Gasteiger partial charge in [0.1, 0.15) is 0 Å². The van der Waals surface area contributed by atoms with Crippen molar-refractivity contribution in [2.75, 3.05) is 41.7 Å². The molecule has 13 heteroatoms. The van der Waals surface area contributed by atoms with Gasteiger partial charge in [0.25, 0.3) is 5.91 Å². The van der Waals surface area contributed by atoms with E-state index in [1.54, 1.807) is 18.5 Å². The van der Waals surface area contributed by atoms with E-state index in [1.807, 2.05) is 35.4 Å². The Morgan fingerprint density at radius 1 is 1.02 bits per heavy atom. The van der Waals surface area contributed by atoms with Crippen molar-refractivity contribution in [3.63, 3.8) is 0 Å². The Balaban J connectivity index is 1.21. The Hall–Kier alpha value is -5.07. The summed E-state index contributed by atoms with van der Waals surface area (Å²) >= 11 is 0. The molecule has 0 atom stereocenters. The topological polar surface area (TPSA) is 160 Å². The normalized spacial score (nSPS) is 16.1. The van der Waals surface area contributed by atoms with Crippen LogP contribution in [-0.4, -0.2) is 77.9 Å². The van der Waals surface area contributed by atoms with Gasteiger partial charge in [-0.1, -0.05) is 12.8 Å². The average Bonchev–Trinajstić information content (AvgIpc) is 3.79. The fourth-order valence-corrected chi connectivity index (χ4v) is 5.89. The van der Waals surface area contributed by atoms with Crippen LogP contribution in [0.1, 0.15) is 42.1 Å². The summed E-state index contributed by atoms with van der Waals surface area (Å²) in [4.78, 5) is 41.2. The summed E-state index contributed by atoms with van der Waals surface area (Å²) in [6.07, 6.45) is 9.29. The van der Waals surface area contributed by atoms with Gasteiger partial charge >= 0.3 is 6.09 Å². The first-order valence-electron chi connectivity index (χ1n) is 13.8. The number of fused-ring (bicyclic) bond motifs is 2. The minimum Gasteiger partial charge on any atom is -0.465 e. The highest BCUT2D eigenvalue weighted by Crippen LogP contribution is 2.33. The van der Waals surface area contributed by atoms with Crippen LogP contribution in [0.25, 0.3) is 21.9 Å². The maximum atomic E-state index is 13.7. The third kappa shape index (κ3) is 4.79. The van der Waals surface area contributed by atoms with Gasteiger partial charge in [-0.2, -0.15) is 5.10 Å². The Bertz CT molecular complexity index is 1740. The molecule has 7 rings (SSSR count). The first-order chi connectivity index (χ1) is 20.0. The van der Waals surface area contributed by atoms with Crippen molar-refractivity contribution in [3.8, 4) is 0 Å². The van der Waals surface area contributed by atoms with Crippen molar-refractivity contribution in [2.24, 2.45) is 0 Å². The SMILES string of the molecule is O=C(Nc1ccc2cn[nH]c2c1)c1cc2[nH]c(Nc3nccn3C3CCCC3)nc2cc1N1CCN(C(=O)O)CC1. The van der Waals surface area contributed by atoms with Gasteiger partial charge in [-0.05, 0) is 43.2 Å². The van der Waals surface area contributed by atoms with E-state index in [0.717, 1.165) is 29.7 Å². The molecule has 41 heavy (non-hydrogen) atoms. The number of rotatable bonds is 6. The molecule has 5 aromatic rings. The molecule has 1 saturated heterocycles.